The van der Waals surface area contributed by atoms with E-state index < -0.39 is 0 Å². The summed E-state index contributed by atoms with van der Waals surface area (Å²) in [6.45, 7) is 5.98. The SMILES string of the molecule is CC1(C)NCC2CCCC21. The van der Waals surface area contributed by atoms with Crippen molar-refractivity contribution in [3.63, 3.8) is 0 Å². The molecule has 0 aromatic carbocycles. The van der Waals surface area contributed by atoms with Crippen LogP contribution in [0.5, 0.6) is 0 Å². The molecule has 0 amide bonds. The molecule has 0 aromatic heterocycles. The Hall–Kier alpha value is -0.0400. The Morgan fingerprint density at radius 1 is 1.30 bits per heavy atom. The lowest BCUT2D eigenvalue weighted by Crippen LogP contribution is -2.37. The normalized spacial score (nSPS) is 43.8. The van der Waals surface area contributed by atoms with Crippen molar-refractivity contribution in [2.24, 2.45) is 11.8 Å². The van der Waals surface area contributed by atoms with E-state index in [1.807, 2.05) is 0 Å². The molecule has 2 aliphatic rings. The summed E-state index contributed by atoms with van der Waals surface area (Å²) in [4.78, 5) is 0. The van der Waals surface area contributed by atoms with Crippen LogP contribution in [-0.4, -0.2) is 12.1 Å². The molecule has 1 heteroatoms. The van der Waals surface area contributed by atoms with Crippen molar-refractivity contribution in [2.45, 2.75) is 38.6 Å². The molecular formula is C9H17N. The molecule has 1 saturated carbocycles. The van der Waals surface area contributed by atoms with Gasteiger partial charge in [0, 0.05) is 5.54 Å². The predicted molar refractivity (Wildman–Crippen MR) is 42.9 cm³/mol. The molecule has 1 nitrogen and oxygen atoms in total. The topological polar surface area (TPSA) is 12.0 Å². The first-order valence-corrected chi connectivity index (χ1v) is 4.45. The fourth-order valence-corrected chi connectivity index (χ4v) is 2.76. The van der Waals surface area contributed by atoms with Crippen LogP contribution in [-0.2, 0) is 0 Å². The lowest BCUT2D eigenvalue weighted by molar-refractivity contribution is 0.314. The van der Waals surface area contributed by atoms with Crippen LogP contribution >= 0.6 is 0 Å². The Kier molecular flexibility index (Phi) is 1.31. The van der Waals surface area contributed by atoms with Crippen molar-refractivity contribution in [1.29, 1.82) is 0 Å². The molecule has 2 unspecified atom stereocenters. The lowest BCUT2D eigenvalue weighted by atomic mass is 9.85. The molecule has 1 heterocycles. The van der Waals surface area contributed by atoms with Crippen LogP contribution < -0.4 is 5.32 Å². The Labute approximate surface area is 63.2 Å². The van der Waals surface area contributed by atoms with E-state index in [0.29, 0.717) is 5.54 Å². The summed E-state index contributed by atoms with van der Waals surface area (Å²) in [5, 5.41) is 3.60. The van der Waals surface area contributed by atoms with Gasteiger partial charge in [-0.25, -0.2) is 0 Å². The minimum absolute atomic E-state index is 0.446. The average molecular weight is 139 g/mol. The first-order valence-electron chi connectivity index (χ1n) is 4.45. The first kappa shape index (κ1) is 6.66. The Bertz CT molecular complexity index is 140. The van der Waals surface area contributed by atoms with Gasteiger partial charge in [0.2, 0.25) is 0 Å². The van der Waals surface area contributed by atoms with Crippen LogP contribution in [0.4, 0.5) is 0 Å². The number of hydrogen-bond donors (Lipinski definition) is 1. The highest BCUT2D eigenvalue weighted by Crippen LogP contribution is 2.42. The number of rotatable bonds is 0. The van der Waals surface area contributed by atoms with Gasteiger partial charge in [0.1, 0.15) is 0 Å². The minimum atomic E-state index is 0.446. The van der Waals surface area contributed by atoms with Crippen molar-refractivity contribution in [2.75, 3.05) is 6.54 Å². The molecule has 0 radical (unpaired) electrons. The summed E-state index contributed by atoms with van der Waals surface area (Å²) < 4.78 is 0. The van der Waals surface area contributed by atoms with E-state index in [2.05, 4.69) is 19.2 Å². The van der Waals surface area contributed by atoms with E-state index in [4.69, 9.17) is 0 Å². The zero-order chi connectivity index (χ0) is 7.19. The van der Waals surface area contributed by atoms with Gasteiger partial charge in [-0.15, -0.1) is 0 Å². The summed E-state index contributed by atoms with van der Waals surface area (Å²) in [5.41, 5.74) is 0.446. The van der Waals surface area contributed by atoms with E-state index in [1.54, 1.807) is 0 Å². The van der Waals surface area contributed by atoms with Gasteiger partial charge in [-0.05, 0) is 45.1 Å². The molecule has 0 bridgehead atoms. The minimum Gasteiger partial charge on any atom is -0.311 e. The van der Waals surface area contributed by atoms with Crippen molar-refractivity contribution in [3.05, 3.63) is 0 Å². The Balaban J connectivity index is 2.16. The van der Waals surface area contributed by atoms with Gasteiger partial charge < -0.3 is 5.32 Å². The summed E-state index contributed by atoms with van der Waals surface area (Å²) in [6, 6.07) is 0. The standard InChI is InChI=1S/C9H17N/c1-9(2)8-5-3-4-7(8)6-10-9/h7-8,10H,3-6H2,1-2H3. The second-order valence-electron chi connectivity index (χ2n) is 4.40. The number of nitrogens with one attached hydrogen (secondary N) is 1. The zero-order valence-corrected chi connectivity index (χ0v) is 6.98. The fraction of sp³-hybridized carbons (Fsp3) is 1.00. The molecule has 58 valence electrons. The molecule has 1 N–H and O–H groups in total. The van der Waals surface area contributed by atoms with Crippen molar-refractivity contribution in [1.82, 2.24) is 5.32 Å². The molecular weight excluding hydrogens is 122 g/mol. The van der Waals surface area contributed by atoms with Crippen molar-refractivity contribution in [3.8, 4) is 0 Å². The average Bonchev–Trinajstić information content (AvgIpc) is 2.36. The summed E-state index contributed by atoms with van der Waals surface area (Å²) >= 11 is 0. The quantitative estimate of drug-likeness (QED) is 0.539. The maximum atomic E-state index is 3.60. The van der Waals surface area contributed by atoms with Crippen LogP contribution in [0.1, 0.15) is 33.1 Å². The van der Waals surface area contributed by atoms with Gasteiger partial charge in [0.15, 0.2) is 0 Å². The third-order valence-corrected chi connectivity index (χ3v) is 3.41. The molecule has 1 aliphatic carbocycles. The van der Waals surface area contributed by atoms with Gasteiger partial charge >= 0.3 is 0 Å². The summed E-state index contributed by atoms with van der Waals surface area (Å²) in [7, 11) is 0. The molecule has 1 aliphatic heterocycles. The lowest BCUT2D eigenvalue weighted by Gasteiger charge is -2.25. The van der Waals surface area contributed by atoms with Gasteiger partial charge in [-0.3, -0.25) is 0 Å². The second-order valence-corrected chi connectivity index (χ2v) is 4.40. The fourth-order valence-electron chi connectivity index (χ4n) is 2.76. The van der Waals surface area contributed by atoms with E-state index in [0.717, 1.165) is 11.8 Å². The third kappa shape index (κ3) is 0.800. The highest BCUT2D eigenvalue weighted by atomic mass is 15.0. The highest BCUT2D eigenvalue weighted by Gasteiger charge is 2.43. The van der Waals surface area contributed by atoms with E-state index in [9.17, 15) is 0 Å². The van der Waals surface area contributed by atoms with Crippen LogP contribution in [0.15, 0.2) is 0 Å². The van der Waals surface area contributed by atoms with Gasteiger partial charge in [0.25, 0.3) is 0 Å². The van der Waals surface area contributed by atoms with Gasteiger partial charge in [-0.2, -0.15) is 0 Å². The molecule has 2 fully saturated rings. The van der Waals surface area contributed by atoms with Crippen LogP contribution in [0.25, 0.3) is 0 Å². The Morgan fingerprint density at radius 3 is 2.80 bits per heavy atom. The molecule has 2 atom stereocenters. The third-order valence-electron chi connectivity index (χ3n) is 3.41. The molecule has 10 heavy (non-hydrogen) atoms. The zero-order valence-electron chi connectivity index (χ0n) is 6.98. The predicted octanol–water partition coefficient (Wildman–Crippen LogP) is 1.78. The van der Waals surface area contributed by atoms with Crippen LogP contribution in [0.2, 0.25) is 0 Å². The highest BCUT2D eigenvalue weighted by molar-refractivity contribution is 5.00. The molecule has 2 rings (SSSR count). The maximum Gasteiger partial charge on any atom is 0.0156 e. The van der Waals surface area contributed by atoms with E-state index in [1.165, 1.54) is 25.8 Å². The van der Waals surface area contributed by atoms with E-state index in [-0.39, 0.29) is 0 Å². The second kappa shape index (κ2) is 1.97. The molecule has 1 saturated heterocycles. The number of hydrogen-bond acceptors (Lipinski definition) is 1. The van der Waals surface area contributed by atoms with Gasteiger partial charge in [0.05, 0.1) is 0 Å². The smallest absolute Gasteiger partial charge is 0.0156 e. The first-order chi connectivity index (χ1) is 4.70. The van der Waals surface area contributed by atoms with Crippen LogP contribution in [0, 0.1) is 11.8 Å². The van der Waals surface area contributed by atoms with Crippen molar-refractivity contribution >= 4 is 0 Å². The van der Waals surface area contributed by atoms with Gasteiger partial charge in [-0.1, -0.05) is 6.42 Å². The van der Waals surface area contributed by atoms with E-state index >= 15 is 0 Å². The largest absolute Gasteiger partial charge is 0.311 e. The summed E-state index contributed by atoms with van der Waals surface area (Å²) in [6.07, 6.45) is 4.41. The Morgan fingerprint density at radius 2 is 2.10 bits per heavy atom. The monoisotopic (exact) mass is 139 g/mol. The maximum absolute atomic E-state index is 3.60. The van der Waals surface area contributed by atoms with Crippen molar-refractivity contribution < 1.29 is 0 Å². The van der Waals surface area contributed by atoms with Crippen LogP contribution in [0.3, 0.4) is 0 Å². The number of fused-ring (bicyclic) bond motifs is 1. The summed E-state index contributed by atoms with van der Waals surface area (Å²) in [5.74, 6) is 1.99. The molecule has 0 spiro atoms. The molecule has 0 aromatic rings.